The van der Waals surface area contributed by atoms with Crippen molar-refractivity contribution in [1.29, 1.82) is 0 Å². The van der Waals surface area contributed by atoms with E-state index in [1.807, 2.05) is 0 Å². The minimum Gasteiger partial charge on any atom is -0.269 e. The van der Waals surface area contributed by atoms with Crippen LogP contribution in [0.3, 0.4) is 0 Å². The first-order valence-corrected chi connectivity index (χ1v) is 15.3. The van der Waals surface area contributed by atoms with Gasteiger partial charge in [0.25, 0.3) is 0 Å². The molecule has 0 unspecified atom stereocenters. The standard InChI is InChI=1S/8C4H10.8FH/c8*1-3-4-2;;;;;;;;/h8*3-4H2,1-2H3;8*1H. The Morgan fingerprint density at radius 3 is 0.150 bits per heavy atom. The van der Waals surface area contributed by atoms with Gasteiger partial charge in [-0.1, -0.05) is 214 Å². The zero-order valence-electron chi connectivity index (χ0n) is 30.6. The van der Waals surface area contributed by atoms with Crippen LogP contribution >= 0.6 is 0 Å². The van der Waals surface area contributed by atoms with Crippen LogP contribution in [0, 0.1) is 0 Å². The molecule has 0 nitrogen and oxygen atoms in total. The molecule has 0 spiro atoms. The van der Waals surface area contributed by atoms with Crippen molar-refractivity contribution in [3.05, 3.63) is 0 Å². The SMILES string of the molecule is CCCC.CCCC.CCCC.CCCC.CCCC.CCCC.CCCC.CCCC.F.F.F.F.F.F.F.F. The van der Waals surface area contributed by atoms with E-state index in [-0.39, 0.29) is 37.6 Å². The fourth-order valence-corrected chi connectivity index (χ4v) is 0. The monoisotopic (exact) mass is 625 g/mol. The fraction of sp³-hybridized carbons (Fsp3) is 1.00. The maximum Gasteiger partial charge on any atom is -0.0564 e. The summed E-state index contributed by atoms with van der Waals surface area (Å²) < 4.78 is 0. The summed E-state index contributed by atoms with van der Waals surface area (Å²) in [5, 5.41) is 0. The Morgan fingerprint density at radius 2 is 0.150 bits per heavy atom. The molecule has 0 rings (SSSR count). The van der Waals surface area contributed by atoms with E-state index < -0.39 is 0 Å². The van der Waals surface area contributed by atoms with Crippen molar-refractivity contribution in [2.24, 2.45) is 0 Å². The summed E-state index contributed by atoms with van der Waals surface area (Å²) in [4.78, 5) is 0. The second-order valence-electron chi connectivity index (χ2n) is 8.00. The first kappa shape index (κ1) is 106. The third-order valence-electron chi connectivity index (χ3n) is 4.00. The van der Waals surface area contributed by atoms with Gasteiger partial charge in [-0.15, -0.1) is 0 Å². The molecule has 0 aromatic rings. The highest BCUT2D eigenvalue weighted by atomic mass is 19.0. The number of rotatable bonds is 8. The van der Waals surface area contributed by atoms with E-state index in [0.717, 1.165) is 0 Å². The summed E-state index contributed by atoms with van der Waals surface area (Å²) >= 11 is 0. The minimum absolute atomic E-state index is 0. The van der Waals surface area contributed by atoms with Gasteiger partial charge in [0.2, 0.25) is 0 Å². The first-order chi connectivity index (χ1) is 15.3. The molecule has 0 bridgehead atoms. The molecule has 0 atom stereocenters. The predicted octanol–water partition coefficient (Wildman–Crippen LogP) is 15.7. The molecule has 0 aliphatic heterocycles. The number of hydrogen-bond acceptors (Lipinski definition) is 0. The molecule has 0 N–H and O–H groups in total. The molecule has 8 heteroatoms. The molecular weight excluding hydrogens is 536 g/mol. The smallest absolute Gasteiger partial charge is 0.0564 e. The molecule has 0 heterocycles. The van der Waals surface area contributed by atoms with E-state index in [1.54, 1.807) is 0 Å². The van der Waals surface area contributed by atoms with Crippen LogP contribution in [0.15, 0.2) is 0 Å². The summed E-state index contributed by atoms with van der Waals surface area (Å²) in [5.74, 6) is 0. The van der Waals surface area contributed by atoms with Crippen LogP contribution in [-0.4, -0.2) is 0 Å². The van der Waals surface area contributed by atoms with E-state index in [1.165, 1.54) is 103 Å². The summed E-state index contributed by atoms with van der Waals surface area (Å²) in [6.07, 6.45) is 21.1. The average molecular weight is 625 g/mol. The van der Waals surface area contributed by atoms with Crippen molar-refractivity contribution < 1.29 is 37.6 Å². The van der Waals surface area contributed by atoms with Crippen LogP contribution < -0.4 is 0 Å². The van der Waals surface area contributed by atoms with Gasteiger partial charge >= 0.3 is 0 Å². The lowest BCUT2D eigenvalue weighted by Gasteiger charge is -1.68. The molecule has 0 aliphatic carbocycles. The van der Waals surface area contributed by atoms with Gasteiger partial charge in [-0.05, 0) is 0 Å². The van der Waals surface area contributed by atoms with Crippen molar-refractivity contribution in [3.8, 4) is 0 Å². The van der Waals surface area contributed by atoms with Crippen molar-refractivity contribution in [3.63, 3.8) is 0 Å². The van der Waals surface area contributed by atoms with Gasteiger partial charge in [0.05, 0.1) is 0 Å². The average Bonchev–Trinajstić information content (AvgIpc) is 2.89. The lowest BCUT2D eigenvalue weighted by Crippen LogP contribution is -1.47. The second kappa shape index (κ2) is 226. The van der Waals surface area contributed by atoms with Crippen molar-refractivity contribution >= 4 is 0 Å². The zero-order chi connectivity index (χ0) is 27.3. The van der Waals surface area contributed by atoms with Crippen LogP contribution in [0.25, 0.3) is 0 Å². The van der Waals surface area contributed by atoms with Gasteiger partial charge in [-0.25, -0.2) is 0 Å². The lowest BCUT2D eigenvalue weighted by atomic mass is 10.4. The molecule has 0 radical (unpaired) electrons. The molecule has 0 aromatic heterocycles. The van der Waals surface area contributed by atoms with Crippen LogP contribution in [0.1, 0.15) is 214 Å². The predicted molar refractivity (Wildman–Crippen MR) is 185 cm³/mol. The Balaban J connectivity index is -0.0000000114. The number of halogens is 8. The highest BCUT2D eigenvalue weighted by Crippen LogP contribution is 1.79. The zero-order valence-corrected chi connectivity index (χ0v) is 30.6. The molecule has 0 saturated carbocycles. The Hall–Kier alpha value is -0.560. The van der Waals surface area contributed by atoms with Crippen molar-refractivity contribution in [1.82, 2.24) is 0 Å². The third kappa shape index (κ3) is 898. The van der Waals surface area contributed by atoms with Gasteiger partial charge in [0.1, 0.15) is 0 Å². The molecular formula is C32H88F8. The molecule has 0 aromatic carbocycles. The van der Waals surface area contributed by atoms with E-state index in [0.29, 0.717) is 0 Å². The van der Waals surface area contributed by atoms with Gasteiger partial charge < -0.3 is 0 Å². The topological polar surface area (TPSA) is 0 Å². The minimum atomic E-state index is 0. The van der Waals surface area contributed by atoms with Gasteiger partial charge in [0, 0.05) is 0 Å². The molecule has 40 heavy (non-hydrogen) atoms. The van der Waals surface area contributed by atoms with Gasteiger partial charge in [-0.2, -0.15) is 0 Å². The van der Waals surface area contributed by atoms with Crippen molar-refractivity contribution in [2.75, 3.05) is 0 Å². The van der Waals surface area contributed by atoms with E-state index >= 15 is 0 Å². The first-order valence-electron chi connectivity index (χ1n) is 15.3. The highest BCUT2D eigenvalue weighted by molar-refractivity contribution is 4.15. The van der Waals surface area contributed by atoms with E-state index in [4.69, 9.17) is 0 Å². The number of unbranched alkanes of at least 4 members (excludes halogenated alkanes) is 8. The lowest BCUT2D eigenvalue weighted by molar-refractivity contribution is 0.886. The van der Waals surface area contributed by atoms with Gasteiger partial charge in [-0.3, -0.25) is 37.6 Å². The van der Waals surface area contributed by atoms with Crippen LogP contribution in [0.2, 0.25) is 0 Å². The maximum atomic E-state index is 2.18. The van der Waals surface area contributed by atoms with Crippen LogP contribution in [0.4, 0.5) is 37.6 Å². The highest BCUT2D eigenvalue weighted by Gasteiger charge is 1.59. The largest absolute Gasteiger partial charge is 0.269 e. The summed E-state index contributed by atoms with van der Waals surface area (Å²) in [6.45, 7) is 34.9. The normalized spacial score (nSPS) is 6.00. The molecule has 272 valence electrons. The summed E-state index contributed by atoms with van der Waals surface area (Å²) in [7, 11) is 0. The van der Waals surface area contributed by atoms with Crippen molar-refractivity contribution in [2.45, 2.75) is 214 Å². The second-order valence-corrected chi connectivity index (χ2v) is 8.00. The summed E-state index contributed by atoms with van der Waals surface area (Å²) in [5.41, 5.74) is 0. The molecule has 0 aliphatic rings. The quantitative estimate of drug-likeness (QED) is 0.236. The summed E-state index contributed by atoms with van der Waals surface area (Å²) in [6, 6.07) is 0. The van der Waals surface area contributed by atoms with E-state index in [9.17, 15) is 0 Å². The van der Waals surface area contributed by atoms with Crippen LogP contribution in [0.5, 0.6) is 0 Å². The fourth-order valence-electron chi connectivity index (χ4n) is 0. The Morgan fingerprint density at radius 1 is 0.125 bits per heavy atom. The molecule has 0 amide bonds. The Labute approximate surface area is 251 Å². The Kier molecular flexibility index (Phi) is 599. The van der Waals surface area contributed by atoms with Crippen LogP contribution in [-0.2, 0) is 0 Å². The Bertz CT molecular complexity index is 92.9. The number of hydrogen-bond donors (Lipinski definition) is 0. The van der Waals surface area contributed by atoms with E-state index in [2.05, 4.69) is 111 Å². The molecule has 0 saturated heterocycles. The molecule has 0 fully saturated rings. The maximum absolute atomic E-state index is 2.18. The van der Waals surface area contributed by atoms with Gasteiger partial charge in [0.15, 0.2) is 0 Å². The third-order valence-corrected chi connectivity index (χ3v) is 4.00.